The minimum atomic E-state index is -0.0628. The normalized spacial score (nSPS) is 16.8. The molecular formula is C18H20N2O. The Hall–Kier alpha value is -2.29. The standard InChI is InChI=1S/C18H20N2O/c1-12-5-3-7-15(11-12)18(21)20-16-8-4-6-14-10-9-13(2)19-17(14)16/h3-8,11,13,19H,9-10H2,1-2H3,(H,20,21). The lowest BCUT2D eigenvalue weighted by Crippen LogP contribution is -2.24. The third-order valence-corrected chi connectivity index (χ3v) is 3.92. The second kappa shape index (κ2) is 5.60. The average molecular weight is 280 g/mol. The van der Waals surface area contributed by atoms with E-state index in [-0.39, 0.29) is 5.91 Å². The number of para-hydroxylation sites is 1. The Labute approximate surface area is 125 Å². The van der Waals surface area contributed by atoms with Crippen molar-refractivity contribution < 1.29 is 4.79 Å². The molecule has 1 unspecified atom stereocenters. The largest absolute Gasteiger partial charge is 0.381 e. The van der Waals surface area contributed by atoms with Crippen LogP contribution in [0.3, 0.4) is 0 Å². The molecule has 3 rings (SSSR count). The van der Waals surface area contributed by atoms with Crippen molar-refractivity contribution in [2.45, 2.75) is 32.7 Å². The Balaban J connectivity index is 1.87. The van der Waals surface area contributed by atoms with Gasteiger partial charge in [0.2, 0.25) is 0 Å². The Bertz CT molecular complexity index is 679. The van der Waals surface area contributed by atoms with Gasteiger partial charge in [-0.2, -0.15) is 0 Å². The molecule has 0 saturated carbocycles. The third-order valence-electron chi connectivity index (χ3n) is 3.92. The molecule has 2 N–H and O–H groups in total. The Morgan fingerprint density at radius 1 is 1.24 bits per heavy atom. The second-order valence-electron chi connectivity index (χ2n) is 5.75. The summed E-state index contributed by atoms with van der Waals surface area (Å²) in [5, 5.41) is 6.51. The Morgan fingerprint density at radius 3 is 2.86 bits per heavy atom. The molecule has 3 heteroatoms. The smallest absolute Gasteiger partial charge is 0.255 e. The first-order chi connectivity index (χ1) is 10.1. The zero-order valence-electron chi connectivity index (χ0n) is 12.4. The van der Waals surface area contributed by atoms with Crippen LogP contribution in [0.1, 0.15) is 34.8 Å². The van der Waals surface area contributed by atoms with Gasteiger partial charge < -0.3 is 10.6 Å². The van der Waals surface area contributed by atoms with Gasteiger partial charge in [0.1, 0.15) is 0 Å². The molecular weight excluding hydrogens is 260 g/mol. The van der Waals surface area contributed by atoms with Crippen molar-refractivity contribution >= 4 is 17.3 Å². The number of amides is 1. The van der Waals surface area contributed by atoms with E-state index in [1.165, 1.54) is 5.56 Å². The lowest BCUT2D eigenvalue weighted by atomic mass is 9.98. The lowest BCUT2D eigenvalue weighted by Gasteiger charge is -2.26. The zero-order chi connectivity index (χ0) is 14.8. The van der Waals surface area contributed by atoms with E-state index in [1.807, 2.05) is 43.3 Å². The summed E-state index contributed by atoms with van der Waals surface area (Å²) in [5.41, 5.74) is 4.99. The highest BCUT2D eigenvalue weighted by Gasteiger charge is 2.18. The average Bonchev–Trinajstić information content (AvgIpc) is 2.48. The van der Waals surface area contributed by atoms with Crippen molar-refractivity contribution in [3.63, 3.8) is 0 Å². The van der Waals surface area contributed by atoms with E-state index in [0.29, 0.717) is 11.6 Å². The summed E-state index contributed by atoms with van der Waals surface area (Å²) in [6.45, 7) is 4.16. The van der Waals surface area contributed by atoms with Crippen molar-refractivity contribution in [3.8, 4) is 0 Å². The first kappa shape index (κ1) is 13.7. The van der Waals surface area contributed by atoms with Crippen molar-refractivity contribution in [3.05, 3.63) is 59.2 Å². The van der Waals surface area contributed by atoms with Gasteiger partial charge in [-0.1, -0.05) is 29.8 Å². The quantitative estimate of drug-likeness (QED) is 0.873. The topological polar surface area (TPSA) is 41.1 Å². The van der Waals surface area contributed by atoms with E-state index >= 15 is 0 Å². The first-order valence-corrected chi connectivity index (χ1v) is 7.40. The van der Waals surface area contributed by atoms with Crippen molar-refractivity contribution in [2.24, 2.45) is 0 Å². The molecule has 0 fully saturated rings. The SMILES string of the molecule is Cc1cccc(C(=O)Nc2cccc3c2NC(C)CC3)c1. The molecule has 1 atom stereocenters. The van der Waals surface area contributed by atoms with Crippen molar-refractivity contribution in [1.29, 1.82) is 0 Å². The highest BCUT2D eigenvalue weighted by atomic mass is 16.1. The summed E-state index contributed by atoms with van der Waals surface area (Å²) >= 11 is 0. The number of anilines is 2. The van der Waals surface area contributed by atoms with Crippen molar-refractivity contribution in [1.82, 2.24) is 0 Å². The van der Waals surface area contributed by atoms with Crippen LogP contribution in [0.15, 0.2) is 42.5 Å². The maximum atomic E-state index is 12.4. The molecule has 1 heterocycles. The van der Waals surface area contributed by atoms with Gasteiger partial charge >= 0.3 is 0 Å². The number of rotatable bonds is 2. The molecule has 0 aromatic heterocycles. The molecule has 0 saturated heterocycles. The molecule has 0 aliphatic carbocycles. The fraction of sp³-hybridized carbons (Fsp3) is 0.278. The van der Waals surface area contributed by atoms with Gasteiger partial charge in [-0.3, -0.25) is 4.79 Å². The van der Waals surface area contributed by atoms with Gasteiger partial charge in [-0.15, -0.1) is 0 Å². The van der Waals surface area contributed by atoms with Crippen LogP contribution >= 0.6 is 0 Å². The minimum Gasteiger partial charge on any atom is -0.381 e. The van der Waals surface area contributed by atoms with E-state index in [4.69, 9.17) is 0 Å². The summed E-state index contributed by atoms with van der Waals surface area (Å²) in [4.78, 5) is 12.4. The predicted molar refractivity (Wildman–Crippen MR) is 87.0 cm³/mol. The van der Waals surface area contributed by atoms with Crippen LogP contribution in [0.4, 0.5) is 11.4 Å². The Kier molecular flexibility index (Phi) is 3.65. The molecule has 2 aromatic rings. The molecule has 3 nitrogen and oxygen atoms in total. The third kappa shape index (κ3) is 2.92. The van der Waals surface area contributed by atoms with Crippen molar-refractivity contribution in [2.75, 3.05) is 10.6 Å². The maximum Gasteiger partial charge on any atom is 0.255 e. The number of benzene rings is 2. The fourth-order valence-electron chi connectivity index (χ4n) is 2.75. The van der Waals surface area contributed by atoms with Crippen LogP contribution in [-0.4, -0.2) is 11.9 Å². The van der Waals surface area contributed by atoms with E-state index in [1.54, 1.807) is 0 Å². The maximum absolute atomic E-state index is 12.4. The summed E-state index contributed by atoms with van der Waals surface area (Å²) in [7, 11) is 0. The summed E-state index contributed by atoms with van der Waals surface area (Å²) in [6, 6.07) is 14.2. The highest BCUT2D eigenvalue weighted by molar-refractivity contribution is 6.06. The minimum absolute atomic E-state index is 0.0628. The molecule has 1 aliphatic rings. The number of aryl methyl sites for hydroxylation is 2. The molecule has 21 heavy (non-hydrogen) atoms. The van der Waals surface area contributed by atoms with Crippen LogP contribution in [0.25, 0.3) is 0 Å². The van der Waals surface area contributed by atoms with Gasteiger partial charge in [0.25, 0.3) is 5.91 Å². The van der Waals surface area contributed by atoms with Gasteiger partial charge in [0.15, 0.2) is 0 Å². The lowest BCUT2D eigenvalue weighted by molar-refractivity contribution is 0.102. The number of fused-ring (bicyclic) bond motifs is 1. The van der Waals surface area contributed by atoms with E-state index in [0.717, 1.165) is 29.8 Å². The van der Waals surface area contributed by atoms with Crippen LogP contribution < -0.4 is 10.6 Å². The number of nitrogens with one attached hydrogen (secondary N) is 2. The van der Waals surface area contributed by atoms with Crippen LogP contribution in [-0.2, 0) is 6.42 Å². The number of carbonyl (C=O) groups is 1. The fourth-order valence-corrected chi connectivity index (χ4v) is 2.75. The summed E-state index contributed by atoms with van der Waals surface area (Å²) < 4.78 is 0. The number of hydrogen-bond donors (Lipinski definition) is 2. The summed E-state index contributed by atoms with van der Waals surface area (Å²) in [5.74, 6) is -0.0628. The molecule has 1 amide bonds. The van der Waals surface area contributed by atoms with E-state index in [2.05, 4.69) is 23.6 Å². The first-order valence-electron chi connectivity index (χ1n) is 7.40. The molecule has 2 aromatic carbocycles. The number of carbonyl (C=O) groups excluding carboxylic acids is 1. The monoisotopic (exact) mass is 280 g/mol. The Morgan fingerprint density at radius 2 is 2.05 bits per heavy atom. The molecule has 0 radical (unpaired) electrons. The van der Waals surface area contributed by atoms with Crippen LogP contribution in [0, 0.1) is 6.92 Å². The predicted octanol–water partition coefficient (Wildman–Crippen LogP) is 3.99. The number of hydrogen-bond acceptors (Lipinski definition) is 2. The van der Waals surface area contributed by atoms with Crippen LogP contribution in [0.5, 0.6) is 0 Å². The molecule has 108 valence electrons. The molecule has 1 aliphatic heterocycles. The molecule has 0 bridgehead atoms. The van der Waals surface area contributed by atoms with Crippen LogP contribution in [0.2, 0.25) is 0 Å². The molecule has 0 spiro atoms. The summed E-state index contributed by atoms with van der Waals surface area (Å²) in [6.07, 6.45) is 2.18. The van der Waals surface area contributed by atoms with E-state index < -0.39 is 0 Å². The van der Waals surface area contributed by atoms with Gasteiger partial charge in [-0.25, -0.2) is 0 Å². The highest BCUT2D eigenvalue weighted by Crippen LogP contribution is 2.32. The van der Waals surface area contributed by atoms with Gasteiger partial charge in [0, 0.05) is 11.6 Å². The second-order valence-corrected chi connectivity index (χ2v) is 5.75. The van der Waals surface area contributed by atoms with Gasteiger partial charge in [0.05, 0.1) is 11.4 Å². The van der Waals surface area contributed by atoms with Gasteiger partial charge in [-0.05, 0) is 50.5 Å². The zero-order valence-corrected chi connectivity index (χ0v) is 12.4. The van der Waals surface area contributed by atoms with E-state index in [9.17, 15) is 4.79 Å².